The number of anilines is 1. The van der Waals surface area contributed by atoms with Crippen LogP contribution in [0.3, 0.4) is 0 Å². The molecule has 0 bridgehead atoms. The van der Waals surface area contributed by atoms with E-state index in [1.54, 1.807) is 0 Å². The number of benzene rings is 1. The van der Waals surface area contributed by atoms with Crippen molar-refractivity contribution in [1.29, 1.82) is 0 Å². The summed E-state index contributed by atoms with van der Waals surface area (Å²) in [6.07, 6.45) is 4.70. The lowest BCUT2D eigenvalue weighted by Gasteiger charge is -2.47. The van der Waals surface area contributed by atoms with Gasteiger partial charge in [-0.15, -0.1) is 0 Å². The van der Waals surface area contributed by atoms with Gasteiger partial charge < -0.3 is 10.6 Å². The van der Waals surface area contributed by atoms with Crippen LogP contribution in [-0.4, -0.2) is 18.6 Å². The fourth-order valence-corrected chi connectivity index (χ4v) is 3.06. The van der Waals surface area contributed by atoms with E-state index in [-0.39, 0.29) is 5.54 Å². The van der Waals surface area contributed by atoms with Gasteiger partial charge in [0, 0.05) is 18.8 Å². The van der Waals surface area contributed by atoms with Crippen molar-refractivity contribution in [2.24, 2.45) is 5.73 Å². The van der Waals surface area contributed by atoms with Crippen LogP contribution in [0.2, 0.25) is 0 Å². The first-order valence-corrected chi connectivity index (χ1v) is 6.83. The molecule has 0 spiro atoms. The van der Waals surface area contributed by atoms with Gasteiger partial charge in [-0.05, 0) is 37.3 Å². The van der Waals surface area contributed by atoms with Crippen molar-refractivity contribution in [3.63, 3.8) is 0 Å². The molecule has 0 amide bonds. The summed E-state index contributed by atoms with van der Waals surface area (Å²) in [5, 5.41) is 0. The van der Waals surface area contributed by atoms with Crippen molar-refractivity contribution >= 4 is 5.69 Å². The standard InChI is InChI=1S/C15H24N2/c1-3-15(4-2,12-16)17-11-7-9-13-8-5-6-10-14(13)17/h5-6,8,10H,3-4,7,9,11-12,16H2,1-2H3. The van der Waals surface area contributed by atoms with Crippen LogP contribution in [-0.2, 0) is 6.42 Å². The minimum atomic E-state index is 0.149. The number of aryl methyl sites for hydroxylation is 1. The Morgan fingerprint density at radius 1 is 1.24 bits per heavy atom. The number of nitrogens with zero attached hydrogens (tertiary/aromatic N) is 1. The van der Waals surface area contributed by atoms with Crippen molar-refractivity contribution in [3.05, 3.63) is 29.8 Å². The number of nitrogens with two attached hydrogens (primary N) is 1. The van der Waals surface area contributed by atoms with E-state index in [2.05, 4.69) is 43.0 Å². The summed E-state index contributed by atoms with van der Waals surface area (Å²) in [7, 11) is 0. The van der Waals surface area contributed by atoms with Gasteiger partial charge in [-0.25, -0.2) is 0 Å². The van der Waals surface area contributed by atoms with Crippen LogP contribution < -0.4 is 10.6 Å². The molecule has 0 unspecified atom stereocenters. The molecule has 0 fully saturated rings. The molecular weight excluding hydrogens is 208 g/mol. The van der Waals surface area contributed by atoms with Crippen LogP contribution in [0.1, 0.15) is 38.7 Å². The van der Waals surface area contributed by atoms with Crippen LogP contribution in [0.25, 0.3) is 0 Å². The fourth-order valence-electron chi connectivity index (χ4n) is 3.06. The highest BCUT2D eigenvalue weighted by Crippen LogP contribution is 2.35. The molecule has 2 rings (SSSR count). The highest BCUT2D eigenvalue weighted by atomic mass is 15.2. The lowest BCUT2D eigenvalue weighted by Crippen LogP contribution is -2.55. The zero-order valence-electron chi connectivity index (χ0n) is 11.1. The maximum Gasteiger partial charge on any atom is 0.0519 e. The summed E-state index contributed by atoms with van der Waals surface area (Å²) >= 11 is 0. The molecule has 2 nitrogen and oxygen atoms in total. The lowest BCUT2D eigenvalue weighted by atomic mass is 9.87. The van der Waals surface area contributed by atoms with Crippen molar-refractivity contribution in [3.8, 4) is 0 Å². The van der Waals surface area contributed by atoms with E-state index < -0.39 is 0 Å². The number of hydrogen-bond acceptors (Lipinski definition) is 2. The maximum atomic E-state index is 6.08. The molecule has 17 heavy (non-hydrogen) atoms. The second-order valence-electron chi connectivity index (χ2n) is 5.02. The molecule has 1 heterocycles. The highest BCUT2D eigenvalue weighted by molar-refractivity contribution is 5.57. The zero-order valence-corrected chi connectivity index (χ0v) is 11.1. The molecule has 1 aromatic carbocycles. The Balaban J connectivity index is 2.40. The average Bonchev–Trinajstić information content (AvgIpc) is 2.41. The Morgan fingerprint density at radius 2 is 1.94 bits per heavy atom. The first kappa shape index (κ1) is 12.4. The van der Waals surface area contributed by atoms with E-state index in [0.717, 1.165) is 25.9 Å². The van der Waals surface area contributed by atoms with Gasteiger partial charge in [0.15, 0.2) is 0 Å². The molecule has 1 aromatic rings. The third kappa shape index (κ3) is 2.06. The molecular formula is C15H24N2. The van der Waals surface area contributed by atoms with Crippen LogP contribution in [0.5, 0.6) is 0 Å². The van der Waals surface area contributed by atoms with Crippen LogP contribution in [0.4, 0.5) is 5.69 Å². The molecule has 0 radical (unpaired) electrons. The van der Waals surface area contributed by atoms with E-state index in [9.17, 15) is 0 Å². The molecule has 0 saturated heterocycles. The summed E-state index contributed by atoms with van der Waals surface area (Å²) in [5.41, 5.74) is 9.12. The van der Waals surface area contributed by atoms with E-state index >= 15 is 0 Å². The van der Waals surface area contributed by atoms with Crippen LogP contribution in [0.15, 0.2) is 24.3 Å². The summed E-state index contributed by atoms with van der Waals surface area (Å²) in [5.74, 6) is 0. The van der Waals surface area contributed by atoms with Gasteiger partial charge in [-0.1, -0.05) is 32.0 Å². The van der Waals surface area contributed by atoms with Gasteiger partial charge in [0.1, 0.15) is 0 Å². The number of rotatable bonds is 4. The molecule has 94 valence electrons. The first-order valence-electron chi connectivity index (χ1n) is 6.83. The number of hydrogen-bond donors (Lipinski definition) is 1. The smallest absolute Gasteiger partial charge is 0.0519 e. The molecule has 2 heteroatoms. The first-order chi connectivity index (χ1) is 8.27. The minimum absolute atomic E-state index is 0.149. The maximum absolute atomic E-state index is 6.08. The minimum Gasteiger partial charge on any atom is -0.364 e. The lowest BCUT2D eigenvalue weighted by molar-refractivity contribution is 0.359. The predicted molar refractivity (Wildman–Crippen MR) is 74.5 cm³/mol. The molecule has 1 aliphatic rings. The van der Waals surface area contributed by atoms with Gasteiger partial charge >= 0.3 is 0 Å². The third-order valence-electron chi connectivity index (χ3n) is 4.38. The van der Waals surface area contributed by atoms with Crippen molar-refractivity contribution in [1.82, 2.24) is 0 Å². The predicted octanol–water partition coefficient (Wildman–Crippen LogP) is 2.96. The molecule has 0 aliphatic carbocycles. The Bertz CT molecular complexity index is 361. The third-order valence-corrected chi connectivity index (χ3v) is 4.38. The van der Waals surface area contributed by atoms with E-state index in [1.807, 2.05) is 0 Å². The Kier molecular flexibility index (Phi) is 3.72. The topological polar surface area (TPSA) is 29.3 Å². The van der Waals surface area contributed by atoms with Crippen molar-refractivity contribution < 1.29 is 0 Å². The quantitative estimate of drug-likeness (QED) is 0.865. The van der Waals surface area contributed by atoms with Gasteiger partial charge in [0.2, 0.25) is 0 Å². The highest BCUT2D eigenvalue weighted by Gasteiger charge is 2.34. The van der Waals surface area contributed by atoms with Crippen molar-refractivity contribution in [2.75, 3.05) is 18.0 Å². The van der Waals surface area contributed by atoms with Gasteiger partial charge in [0.25, 0.3) is 0 Å². The number of fused-ring (bicyclic) bond motifs is 1. The van der Waals surface area contributed by atoms with Gasteiger partial charge in [0.05, 0.1) is 5.54 Å². The van der Waals surface area contributed by atoms with Crippen LogP contribution in [0, 0.1) is 0 Å². The van der Waals surface area contributed by atoms with Gasteiger partial charge in [-0.2, -0.15) is 0 Å². The molecule has 1 aliphatic heterocycles. The Hall–Kier alpha value is -1.02. The molecule has 2 N–H and O–H groups in total. The van der Waals surface area contributed by atoms with Gasteiger partial charge in [-0.3, -0.25) is 0 Å². The van der Waals surface area contributed by atoms with E-state index in [4.69, 9.17) is 5.73 Å². The summed E-state index contributed by atoms with van der Waals surface area (Å²) in [4.78, 5) is 2.56. The molecule has 0 atom stereocenters. The second kappa shape index (κ2) is 5.09. The Labute approximate surface area is 105 Å². The average molecular weight is 232 g/mol. The summed E-state index contributed by atoms with van der Waals surface area (Å²) in [6.45, 7) is 6.41. The summed E-state index contributed by atoms with van der Waals surface area (Å²) in [6, 6.07) is 8.80. The summed E-state index contributed by atoms with van der Waals surface area (Å²) < 4.78 is 0. The largest absolute Gasteiger partial charge is 0.364 e. The van der Waals surface area contributed by atoms with E-state index in [1.165, 1.54) is 24.1 Å². The monoisotopic (exact) mass is 232 g/mol. The molecule has 0 saturated carbocycles. The second-order valence-corrected chi connectivity index (χ2v) is 5.02. The Morgan fingerprint density at radius 3 is 2.59 bits per heavy atom. The zero-order chi connectivity index (χ0) is 12.3. The van der Waals surface area contributed by atoms with E-state index in [0.29, 0.717) is 0 Å². The molecule has 0 aromatic heterocycles. The SMILES string of the molecule is CCC(CC)(CN)N1CCCc2ccccc21. The fraction of sp³-hybridized carbons (Fsp3) is 0.600. The number of para-hydroxylation sites is 1. The normalized spacial score (nSPS) is 15.8. The van der Waals surface area contributed by atoms with Crippen molar-refractivity contribution in [2.45, 2.75) is 45.1 Å². The van der Waals surface area contributed by atoms with Crippen LogP contribution >= 0.6 is 0 Å².